The van der Waals surface area contributed by atoms with E-state index >= 15 is 0 Å². The fraction of sp³-hybridized carbons (Fsp3) is 0.889. The minimum atomic E-state index is -0.438. The monoisotopic (exact) mass is 174 g/mol. The van der Waals surface area contributed by atoms with E-state index in [0.717, 1.165) is 0 Å². The van der Waals surface area contributed by atoms with Gasteiger partial charge in [-0.3, -0.25) is 0 Å². The highest BCUT2D eigenvalue weighted by atomic mass is 16.6. The van der Waals surface area contributed by atoms with Crippen molar-refractivity contribution in [3.8, 4) is 0 Å². The highest BCUT2D eigenvalue weighted by molar-refractivity contribution is 5.74. The molecule has 12 heavy (non-hydrogen) atoms. The lowest BCUT2D eigenvalue weighted by Crippen LogP contribution is -2.24. The average molecular weight is 174 g/mol. The lowest BCUT2D eigenvalue weighted by Gasteiger charge is -2.12. The Morgan fingerprint density at radius 3 is 2.33 bits per heavy atom. The van der Waals surface area contributed by atoms with Gasteiger partial charge in [0.2, 0.25) is 0 Å². The molecule has 0 saturated heterocycles. The normalized spacial score (nSPS) is 13.1. The van der Waals surface area contributed by atoms with E-state index in [1.54, 1.807) is 13.8 Å². The first-order valence-corrected chi connectivity index (χ1v) is 4.36. The lowest BCUT2D eigenvalue weighted by molar-refractivity contribution is -0.156. The summed E-state index contributed by atoms with van der Waals surface area (Å²) in [5, 5.41) is 0. The molecule has 0 aromatic heterocycles. The minimum absolute atomic E-state index is 0.279. The van der Waals surface area contributed by atoms with Crippen molar-refractivity contribution in [2.24, 2.45) is 5.92 Å². The quantitative estimate of drug-likeness (QED) is 0.594. The molecule has 0 fully saturated rings. The molecule has 0 aliphatic carbocycles. The Labute approximate surface area is 74.0 Å². The third-order valence-electron chi connectivity index (χ3n) is 1.30. The van der Waals surface area contributed by atoms with E-state index in [-0.39, 0.29) is 5.97 Å². The van der Waals surface area contributed by atoms with Crippen molar-refractivity contribution in [2.75, 3.05) is 13.2 Å². The molecule has 0 spiro atoms. The second-order valence-electron chi connectivity index (χ2n) is 3.12. The van der Waals surface area contributed by atoms with Crippen molar-refractivity contribution in [2.45, 2.75) is 33.8 Å². The maximum absolute atomic E-state index is 11.0. The molecular formula is C9H18O3. The van der Waals surface area contributed by atoms with Gasteiger partial charge in [-0.1, -0.05) is 13.8 Å². The van der Waals surface area contributed by atoms with Crippen molar-refractivity contribution in [1.29, 1.82) is 0 Å². The van der Waals surface area contributed by atoms with Crippen LogP contribution in [0.2, 0.25) is 0 Å². The van der Waals surface area contributed by atoms with Crippen LogP contribution in [0.15, 0.2) is 0 Å². The van der Waals surface area contributed by atoms with Crippen LogP contribution in [0.25, 0.3) is 0 Å². The van der Waals surface area contributed by atoms with Crippen molar-refractivity contribution < 1.29 is 14.3 Å². The van der Waals surface area contributed by atoms with E-state index in [0.29, 0.717) is 19.1 Å². The van der Waals surface area contributed by atoms with Crippen LogP contribution in [0.3, 0.4) is 0 Å². The van der Waals surface area contributed by atoms with E-state index in [1.165, 1.54) is 0 Å². The molecular weight excluding hydrogens is 156 g/mol. The largest absolute Gasteiger partial charge is 0.464 e. The smallest absolute Gasteiger partial charge is 0.334 e. The highest BCUT2D eigenvalue weighted by Gasteiger charge is 2.14. The zero-order valence-electron chi connectivity index (χ0n) is 8.29. The van der Waals surface area contributed by atoms with Gasteiger partial charge < -0.3 is 9.47 Å². The van der Waals surface area contributed by atoms with Crippen LogP contribution < -0.4 is 0 Å². The SMILES string of the molecule is CCOC(=O)C(C)OCC(C)C. The maximum atomic E-state index is 11.0. The van der Waals surface area contributed by atoms with E-state index in [4.69, 9.17) is 9.47 Å². The van der Waals surface area contributed by atoms with Crippen molar-refractivity contribution in [3.63, 3.8) is 0 Å². The predicted octanol–water partition coefficient (Wildman–Crippen LogP) is 1.61. The summed E-state index contributed by atoms with van der Waals surface area (Å²) in [5.41, 5.74) is 0. The molecule has 0 radical (unpaired) electrons. The number of ether oxygens (including phenoxy) is 2. The molecule has 0 aromatic carbocycles. The molecule has 0 amide bonds. The number of hydrogen-bond acceptors (Lipinski definition) is 3. The summed E-state index contributed by atoms with van der Waals surface area (Å²) in [6.07, 6.45) is -0.438. The third-order valence-corrected chi connectivity index (χ3v) is 1.30. The maximum Gasteiger partial charge on any atom is 0.334 e. The van der Waals surface area contributed by atoms with Gasteiger partial charge in [0, 0.05) is 0 Å². The second kappa shape index (κ2) is 6.00. The fourth-order valence-electron chi connectivity index (χ4n) is 0.664. The highest BCUT2D eigenvalue weighted by Crippen LogP contribution is 1.99. The molecule has 1 atom stereocenters. The summed E-state index contributed by atoms with van der Waals surface area (Å²) in [6.45, 7) is 8.58. The Bertz CT molecular complexity index is 132. The molecule has 0 heterocycles. The predicted molar refractivity (Wildman–Crippen MR) is 46.9 cm³/mol. The first-order valence-electron chi connectivity index (χ1n) is 4.36. The second-order valence-corrected chi connectivity index (χ2v) is 3.12. The average Bonchev–Trinajstić information content (AvgIpc) is 2.00. The van der Waals surface area contributed by atoms with Crippen LogP contribution in [0, 0.1) is 5.92 Å². The molecule has 1 unspecified atom stereocenters. The van der Waals surface area contributed by atoms with Crippen LogP contribution in [-0.2, 0) is 14.3 Å². The number of carbonyl (C=O) groups is 1. The zero-order chi connectivity index (χ0) is 9.56. The molecule has 72 valence electrons. The van der Waals surface area contributed by atoms with Gasteiger partial charge >= 0.3 is 5.97 Å². The fourth-order valence-corrected chi connectivity index (χ4v) is 0.664. The van der Waals surface area contributed by atoms with Crippen LogP contribution >= 0.6 is 0 Å². The first-order chi connectivity index (χ1) is 5.57. The van der Waals surface area contributed by atoms with Crippen LogP contribution in [0.5, 0.6) is 0 Å². The molecule has 0 aliphatic rings. The Balaban J connectivity index is 3.56. The molecule has 0 rings (SSSR count). The molecule has 0 aromatic rings. The van der Waals surface area contributed by atoms with E-state index in [9.17, 15) is 4.79 Å². The number of rotatable bonds is 5. The Morgan fingerprint density at radius 1 is 1.33 bits per heavy atom. The van der Waals surface area contributed by atoms with Crippen LogP contribution in [0.4, 0.5) is 0 Å². The summed E-state index contributed by atoms with van der Waals surface area (Å²) >= 11 is 0. The Morgan fingerprint density at radius 2 is 1.92 bits per heavy atom. The van der Waals surface area contributed by atoms with Gasteiger partial charge in [0.25, 0.3) is 0 Å². The van der Waals surface area contributed by atoms with E-state index in [1.807, 2.05) is 13.8 Å². The van der Waals surface area contributed by atoms with Gasteiger partial charge in [0.1, 0.15) is 0 Å². The van der Waals surface area contributed by atoms with Crippen LogP contribution in [-0.4, -0.2) is 25.3 Å². The Hall–Kier alpha value is -0.570. The van der Waals surface area contributed by atoms with Crippen molar-refractivity contribution in [1.82, 2.24) is 0 Å². The van der Waals surface area contributed by atoms with Gasteiger partial charge in [0.05, 0.1) is 13.2 Å². The van der Waals surface area contributed by atoms with Crippen molar-refractivity contribution in [3.05, 3.63) is 0 Å². The standard InChI is InChI=1S/C9H18O3/c1-5-11-9(10)8(4)12-6-7(2)3/h7-8H,5-6H2,1-4H3. The van der Waals surface area contributed by atoms with Gasteiger partial charge in [-0.15, -0.1) is 0 Å². The van der Waals surface area contributed by atoms with Gasteiger partial charge in [0.15, 0.2) is 6.10 Å². The number of hydrogen-bond donors (Lipinski definition) is 0. The van der Waals surface area contributed by atoms with Gasteiger partial charge in [-0.2, -0.15) is 0 Å². The Kier molecular flexibility index (Phi) is 5.72. The molecule has 0 N–H and O–H groups in total. The van der Waals surface area contributed by atoms with Crippen LogP contribution in [0.1, 0.15) is 27.7 Å². The summed E-state index contributed by atoms with van der Waals surface area (Å²) in [4.78, 5) is 11.0. The number of carbonyl (C=O) groups excluding carboxylic acids is 1. The summed E-state index contributed by atoms with van der Waals surface area (Å²) in [6, 6.07) is 0. The van der Waals surface area contributed by atoms with E-state index < -0.39 is 6.10 Å². The molecule has 0 aliphatic heterocycles. The first kappa shape index (κ1) is 11.4. The molecule has 3 nitrogen and oxygen atoms in total. The van der Waals surface area contributed by atoms with Crippen molar-refractivity contribution >= 4 is 5.97 Å². The molecule has 3 heteroatoms. The summed E-state index contributed by atoms with van der Waals surface area (Å²) < 4.78 is 10.0. The van der Waals surface area contributed by atoms with E-state index in [2.05, 4.69) is 0 Å². The zero-order valence-corrected chi connectivity index (χ0v) is 8.29. The summed E-state index contributed by atoms with van der Waals surface area (Å²) in [7, 11) is 0. The lowest BCUT2D eigenvalue weighted by atomic mass is 10.2. The summed E-state index contributed by atoms with van der Waals surface area (Å²) in [5.74, 6) is 0.167. The van der Waals surface area contributed by atoms with Gasteiger partial charge in [-0.25, -0.2) is 4.79 Å². The van der Waals surface area contributed by atoms with Gasteiger partial charge in [-0.05, 0) is 19.8 Å². The topological polar surface area (TPSA) is 35.5 Å². The minimum Gasteiger partial charge on any atom is -0.464 e. The molecule has 0 saturated carbocycles. The third kappa shape index (κ3) is 5.13. The molecule has 0 bridgehead atoms. The number of esters is 1.